The summed E-state index contributed by atoms with van der Waals surface area (Å²) < 4.78 is 40.3. The standard InChI is InChI=1S/C6H6BrNO/c1-9-5-2-3-8-6(7)4-5/h2-4H,1H3/i1D2,2D,3D,4D. The zero-order chi connectivity index (χ0) is 10.9. The number of halogens is 1. The molecule has 0 bridgehead atoms. The van der Waals surface area contributed by atoms with Crippen LogP contribution in [0.1, 0.15) is 6.85 Å². The number of aromatic nitrogens is 1. The van der Waals surface area contributed by atoms with E-state index < -0.39 is 7.06 Å². The van der Waals surface area contributed by atoms with Crippen molar-refractivity contribution in [1.29, 1.82) is 0 Å². The van der Waals surface area contributed by atoms with E-state index >= 15 is 0 Å². The Morgan fingerprint density at radius 1 is 2.00 bits per heavy atom. The zero-order valence-electron chi connectivity index (χ0n) is 9.31. The van der Waals surface area contributed by atoms with Gasteiger partial charge in [-0.05, 0) is 22.0 Å². The molecule has 0 atom stereocenters. The topological polar surface area (TPSA) is 22.1 Å². The molecule has 0 amide bonds. The molecule has 0 saturated heterocycles. The van der Waals surface area contributed by atoms with Crippen LogP contribution < -0.4 is 4.74 Å². The Hall–Kier alpha value is -0.570. The molecule has 2 nitrogen and oxygen atoms in total. The van der Waals surface area contributed by atoms with Crippen molar-refractivity contribution in [3.8, 4) is 5.75 Å². The first-order valence-electron chi connectivity index (χ1n) is 4.73. The van der Waals surface area contributed by atoms with Gasteiger partial charge in [-0.2, -0.15) is 0 Å². The summed E-state index contributed by atoms with van der Waals surface area (Å²) in [5.74, 6) is -0.271. The molecule has 0 spiro atoms. The van der Waals surface area contributed by atoms with Crippen LogP contribution >= 0.6 is 15.9 Å². The van der Waals surface area contributed by atoms with E-state index in [1.54, 1.807) is 0 Å². The molecule has 0 fully saturated rings. The molecule has 0 aromatic carbocycles. The Bertz CT molecular complexity index is 332. The molecule has 48 valence electrons. The van der Waals surface area contributed by atoms with Crippen molar-refractivity contribution in [2.75, 3.05) is 7.06 Å². The second-order valence-electron chi connectivity index (χ2n) is 1.21. The van der Waals surface area contributed by atoms with Crippen LogP contribution in [-0.2, 0) is 0 Å². The summed E-state index contributed by atoms with van der Waals surface area (Å²) >= 11 is 2.92. The van der Waals surface area contributed by atoms with Crippen molar-refractivity contribution in [1.82, 2.24) is 4.98 Å². The average Bonchev–Trinajstić information content (AvgIpc) is 2.09. The Labute approximate surface area is 69.0 Å². The van der Waals surface area contributed by atoms with Crippen molar-refractivity contribution in [3.05, 3.63) is 22.9 Å². The lowest BCUT2D eigenvalue weighted by Gasteiger charge is -1.96. The van der Waals surface area contributed by atoms with Gasteiger partial charge >= 0.3 is 0 Å². The molecule has 1 heterocycles. The quantitative estimate of drug-likeness (QED) is 0.635. The highest BCUT2D eigenvalue weighted by Gasteiger charge is 1.89. The normalized spacial score (nSPS) is 17.3. The molecule has 0 aliphatic heterocycles. The molecule has 1 aromatic heterocycles. The number of ether oxygens (including phenoxy) is 1. The minimum Gasteiger partial charge on any atom is -0.497 e. The lowest BCUT2D eigenvalue weighted by atomic mass is 10.5. The number of hydrogen-bond acceptors (Lipinski definition) is 2. The monoisotopic (exact) mass is 192 g/mol. The largest absolute Gasteiger partial charge is 0.497 e. The SMILES string of the molecule is [2H]c1nc(Br)c([2H])c(OC([2H])[2H])c1[2H]. The molecule has 9 heavy (non-hydrogen) atoms. The lowest BCUT2D eigenvalue weighted by Crippen LogP contribution is -1.82. The summed E-state index contributed by atoms with van der Waals surface area (Å²) in [7, 11) is -1.63. The molecule has 0 aliphatic carbocycles. The van der Waals surface area contributed by atoms with E-state index in [-0.39, 0.29) is 28.6 Å². The van der Waals surface area contributed by atoms with Gasteiger partial charge in [-0.1, -0.05) is 0 Å². The van der Waals surface area contributed by atoms with E-state index in [2.05, 4.69) is 25.7 Å². The van der Waals surface area contributed by atoms with Gasteiger partial charge in [-0.15, -0.1) is 0 Å². The number of nitrogens with zero attached hydrogens (tertiary/aromatic N) is 1. The van der Waals surface area contributed by atoms with Crippen molar-refractivity contribution in [2.24, 2.45) is 0 Å². The van der Waals surface area contributed by atoms with Crippen molar-refractivity contribution in [3.63, 3.8) is 0 Å². The van der Waals surface area contributed by atoms with Crippen molar-refractivity contribution in [2.45, 2.75) is 0 Å². The number of pyridine rings is 1. The lowest BCUT2D eigenvalue weighted by molar-refractivity contribution is 0.414. The van der Waals surface area contributed by atoms with Gasteiger partial charge in [-0.3, -0.25) is 0 Å². The molecular formula is C6H6BrNO. The fraction of sp³-hybridized carbons (Fsp3) is 0.167. The predicted octanol–water partition coefficient (Wildman–Crippen LogP) is 1.85. The smallest absolute Gasteiger partial charge is 0.123 e. The second-order valence-corrected chi connectivity index (χ2v) is 1.96. The third-order valence-electron chi connectivity index (χ3n) is 0.658. The summed E-state index contributed by atoms with van der Waals surface area (Å²) in [5, 5.41) is 0. The number of hydrogen-bond donors (Lipinski definition) is 0. The summed E-state index contributed by atoms with van der Waals surface area (Å²) in [6, 6.07) is -0.613. The maximum atomic E-state index is 7.42. The third kappa shape index (κ3) is 1.68. The average molecular weight is 193 g/mol. The Morgan fingerprint density at radius 3 is 3.67 bits per heavy atom. The van der Waals surface area contributed by atoms with E-state index in [9.17, 15) is 0 Å². The summed E-state index contributed by atoms with van der Waals surface area (Å²) in [6.07, 6.45) is -0.358. The van der Waals surface area contributed by atoms with Crippen LogP contribution in [0.15, 0.2) is 22.9 Å². The third-order valence-corrected chi connectivity index (χ3v) is 1.03. The van der Waals surface area contributed by atoms with E-state index in [4.69, 9.17) is 6.85 Å². The molecule has 0 unspecified atom stereocenters. The first kappa shape index (κ1) is 2.58. The molecule has 0 N–H and O–H groups in total. The predicted molar refractivity (Wildman–Crippen MR) is 38.5 cm³/mol. The first-order chi connectivity index (χ1) is 6.43. The van der Waals surface area contributed by atoms with E-state index in [0.717, 1.165) is 0 Å². The molecule has 1 aromatic rings. The van der Waals surface area contributed by atoms with Gasteiger partial charge in [0.05, 0.1) is 13.9 Å². The fourth-order valence-electron chi connectivity index (χ4n) is 0.340. The van der Waals surface area contributed by atoms with Crippen LogP contribution in [0.3, 0.4) is 0 Å². The van der Waals surface area contributed by atoms with Crippen LogP contribution in [-0.4, -0.2) is 12.0 Å². The molecule has 0 saturated carbocycles. The van der Waals surface area contributed by atoms with Crippen LogP contribution in [0.25, 0.3) is 0 Å². The van der Waals surface area contributed by atoms with E-state index in [1.165, 1.54) is 0 Å². The fourth-order valence-corrected chi connectivity index (χ4v) is 0.608. The summed E-state index contributed by atoms with van der Waals surface area (Å²) in [5.41, 5.74) is 0. The summed E-state index contributed by atoms with van der Waals surface area (Å²) in [6.45, 7) is 0. The number of methoxy groups -OCH3 is 1. The van der Waals surface area contributed by atoms with Crippen LogP contribution in [0.5, 0.6) is 5.75 Å². The van der Waals surface area contributed by atoms with Gasteiger partial charge in [-0.25, -0.2) is 4.98 Å². The van der Waals surface area contributed by atoms with E-state index in [1.807, 2.05) is 0 Å². The minimum atomic E-state index is -1.63. The Kier molecular flexibility index (Phi) is 0.810. The van der Waals surface area contributed by atoms with Gasteiger partial charge in [0, 0.05) is 12.2 Å². The highest BCUT2D eigenvalue weighted by Crippen LogP contribution is 2.13. The molecule has 0 radical (unpaired) electrons. The Balaban J connectivity index is 3.25. The number of rotatable bonds is 1. The Morgan fingerprint density at radius 2 is 2.89 bits per heavy atom. The van der Waals surface area contributed by atoms with Crippen molar-refractivity contribution >= 4 is 15.9 Å². The highest BCUT2D eigenvalue weighted by molar-refractivity contribution is 9.10. The van der Waals surface area contributed by atoms with Crippen LogP contribution in [0.2, 0.25) is 0 Å². The highest BCUT2D eigenvalue weighted by atomic mass is 79.9. The maximum absolute atomic E-state index is 7.42. The van der Waals surface area contributed by atoms with Crippen molar-refractivity contribution < 1.29 is 11.6 Å². The van der Waals surface area contributed by atoms with Gasteiger partial charge in [0.25, 0.3) is 0 Å². The van der Waals surface area contributed by atoms with Crippen LogP contribution in [0, 0.1) is 0 Å². The summed E-state index contributed by atoms with van der Waals surface area (Å²) in [4.78, 5) is 3.55. The van der Waals surface area contributed by atoms with Gasteiger partial charge < -0.3 is 4.74 Å². The van der Waals surface area contributed by atoms with Gasteiger partial charge in [0.2, 0.25) is 0 Å². The van der Waals surface area contributed by atoms with Crippen LogP contribution in [0.4, 0.5) is 0 Å². The van der Waals surface area contributed by atoms with E-state index in [0.29, 0.717) is 0 Å². The molecule has 1 rings (SSSR count). The van der Waals surface area contributed by atoms with Gasteiger partial charge in [0.1, 0.15) is 10.4 Å². The minimum absolute atomic E-state index is 0.0640. The zero-order valence-corrected chi connectivity index (χ0v) is 5.90. The second kappa shape index (κ2) is 2.82. The molecule has 0 aliphatic rings. The molecular weight excluding hydrogens is 182 g/mol. The van der Waals surface area contributed by atoms with Gasteiger partial charge in [0.15, 0.2) is 0 Å². The first-order valence-corrected chi connectivity index (χ1v) is 2.87. The molecule has 3 heteroatoms. The maximum Gasteiger partial charge on any atom is 0.123 e.